The van der Waals surface area contributed by atoms with Crippen LogP contribution in [0.1, 0.15) is 11.4 Å². The summed E-state index contributed by atoms with van der Waals surface area (Å²) in [6.07, 6.45) is 2.80. The second-order valence-electron chi connectivity index (χ2n) is 2.74. The van der Waals surface area contributed by atoms with Gasteiger partial charge in [-0.2, -0.15) is 0 Å². The fourth-order valence-electron chi connectivity index (χ4n) is 1.02. The molecule has 1 aromatic heterocycles. The summed E-state index contributed by atoms with van der Waals surface area (Å²) < 4.78 is 0. The van der Waals surface area contributed by atoms with Gasteiger partial charge < -0.3 is 11.5 Å². The van der Waals surface area contributed by atoms with Gasteiger partial charge in [-0.15, -0.1) is 0 Å². The van der Waals surface area contributed by atoms with Crippen LogP contribution in [0, 0.1) is 0 Å². The summed E-state index contributed by atoms with van der Waals surface area (Å²) in [6, 6.07) is 0. The van der Waals surface area contributed by atoms with E-state index in [0.717, 1.165) is 0 Å². The average Bonchev–Trinajstić information content (AvgIpc) is 2.06. The van der Waals surface area contributed by atoms with E-state index in [2.05, 4.69) is 9.97 Å². The van der Waals surface area contributed by atoms with E-state index in [1.807, 2.05) is 0 Å². The molecule has 0 unspecified atom stereocenters. The molecule has 6 nitrogen and oxygen atoms in total. The number of carbonyl (C=O) groups is 2. The third-order valence-corrected chi connectivity index (χ3v) is 1.54. The standard InChI is InChI=1S/C8H10N4O2/c9-7(13)3-5-6(4-8(10)14)12-2-1-11-5/h1-2H,3-4H2,(H2,9,13)(H2,10,14). The monoisotopic (exact) mass is 194 g/mol. The van der Waals surface area contributed by atoms with Gasteiger partial charge in [-0.3, -0.25) is 19.6 Å². The SMILES string of the molecule is NC(=O)Cc1nccnc1CC(N)=O. The molecule has 0 bridgehead atoms. The van der Waals surface area contributed by atoms with E-state index in [1.165, 1.54) is 12.4 Å². The molecule has 0 aliphatic carbocycles. The molecule has 0 radical (unpaired) electrons. The summed E-state index contributed by atoms with van der Waals surface area (Å²) in [5.41, 5.74) is 10.8. The van der Waals surface area contributed by atoms with E-state index in [4.69, 9.17) is 11.5 Å². The number of hydrogen-bond acceptors (Lipinski definition) is 4. The molecule has 14 heavy (non-hydrogen) atoms. The summed E-state index contributed by atoms with van der Waals surface area (Å²) in [6.45, 7) is 0. The number of primary amides is 2. The predicted octanol–water partition coefficient (Wildman–Crippen LogP) is -1.47. The molecule has 0 fully saturated rings. The zero-order valence-electron chi connectivity index (χ0n) is 7.43. The van der Waals surface area contributed by atoms with Crippen LogP contribution in [-0.2, 0) is 22.4 Å². The van der Waals surface area contributed by atoms with E-state index in [-0.39, 0.29) is 12.8 Å². The molecule has 6 heteroatoms. The molecule has 0 saturated carbocycles. The Morgan fingerprint density at radius 1 is 1.00 bits per heavy atom. The van der Waals surface area contributed by atoms with Crippen LogP contribution in [0.15, 0.2) is 12.4 Å². The second-order valence-corrected chi connectivity index (χ2v) is 2.74. The molecule has 1 heterocycles. The van der Waals surface area contributed by atoms with Crippen molar-refractivity contribution in [1.82, 2.24) is 9.97 Å². The molecule has 0 atom stereocenters. The Labute approximate surface area is 80.3 Å². The molecule has 1 rings (SSSR count). The van der Waals surface area contributed by atoms with Gasteiger partial charge in [0.25, 0.3) is 0 Å². The minimum Gasteiger partial charge on any atom is -0.369 e. The molecular formula is C8H10N4O2. The van der Waals surface area contributed by atoms with Crippen molar-refractivity contribution in [3.8, 4) is 0 Å². The van der Waals surface area contributed by atoms with Crippen molar-refractivity contribution in [2.24, 2.45) is 11.5 Å². The molecule has 0 saturated heterocycles. The van der Waals surface area contributed by atoms with E-state index in [1.54, 1.807) is 0 Å². The number of hydrogen-bond donors (Lipinski definition) is 2. The van der Waals surface area contributed by atoms with Gasteiger partial charge in [0.1, 0.15) is 0 Å². The van der Waals surface area contributed by atoms with E-state index in [0.29, 0.717) is 11.4 Å². The first-order chi connectivity index (χ1) is 6.59. The lowest BCUT2D eigenvalue weighted by atomic mass is 10.2. The average molecular weight is 194 g/mol. The van der Waals surface area contributed by atoms with Gasteiger partial charge in [-0.05, 0) is 0 Å². The third kappa shape index (κ3) is 2.81. The second kappa shape index (κ2) is 4.31. The van der Waals surface area contributed by atoms with E-state index >= 15 is 0 Å². The number of carbonyl (C=O) groups excluding carboxylic acids is 2. The Morgan fingerprint density at radius 3 is 1.64 bits per heavy atom. The molecule has 0 spiro atoms. The van der Waals surface area contributed by atoms with Gasteiger partial charge in [0.15, 0.2) is 0 Å². The summed E-state index contributed by atoms with van der Waals surface area (Å²) in [7, 11) is 0. The zero-order chi connectivity index (χ0) is 10.6. The van der Waals surface area contributed by atoms with Gasteiger partial charge in [-0.25, -0.2) is 0 Å². The van der Waals surface area contributed by atoms with Crippen LogP contribution >= 0.6 is 0 Å². The number of nitrogens with zero attached hydrogens (tertiary/aromatic N) is 2. The van der Waals surface area contributed by atoms with Gasteiger partial charge in [0.05, 0.1) is 24.2 Å². The van der Waals surface area contributed by atoms with Crippen LogP contribution in [0.3, 0.4) is 0 Å². The van der Waals surface area contributed by atoms with Crippen molar-refractivity contribution < 1.29 is 9.59 Å². The van der Waals surface area contributed by atoms with Gasteiger partial charge in [0.2, 0.25) is 11.8 Å². The Kier molecular flexibility index (Phi) is 3.11. The maximum absolute atomic E-state index is 10.6. The summed E-state index contributed by atoms with van der Waals surface area (Å²) in [4.78, 5) is 29.1. The summed E-state index contributed by atoms with van der Waals surface area (Å²) in [5, 5.41) is 0. The number of amides is 2. The lowest BCUT2D eigenvalue weighted by Gasteiger charge is -2.02. The smallest absolute Gasteiger partial charge is 0.223 e. The zero-order valence-corrected chi connectivity index (χ0v) is 7.43. The molecular weight excluding hydrogens is 184 g/mol. The van der Waals surface area contributed by atoms with Crippen molar-refractivity contribution in [3.63, 3.8) is 0 Å². The molecule has 0 aliphatic rings. The number of rotatable bonds is 4. The van der Waals surface area contributed by atoms with Crippen molar-refractivity contribution >= 4 is 11.8 Å². The quantitative estimate of drug-likeness (QED) is 0.609. The highest BCUT2D eigenvalue weighted by atomic mass is 16.1. The molecule has 74 valence electrons. The topological polar surface area (TPSA) is 112 Å². The van der Waals surface area contributed by atoms with Crippen molar-refractivity contribution in [1.29, 1.82) is 0 Å². The van der Waals surface area contributed by atoms with Gasteiger partial charge in [-0.1, -0.05) is 0 Å². The molecule has 1 aromatic rings. The highest BCUT2D eigenvalue weighted by Gasteiger charge is 2.09. The van der Waals surface area contributed by atoms with Crippen molar-refractivity contribution in [2.45, 2.75) is 12.8 Å². The fourth-order valence-corrected chi connectivity index (χ4v) is 1.02. The first kappa shape index (κ1) is 10.1. The summed E-state index contributed by atoms with van der Waals surface area (Å²) >= 11 is 0. The first-order valence-electron chi connectivity index (χ1n) is 3.95. The van der Waals surface area contributed by atoms with Gasteiger partial charge in [0, 0.05) is 12.4 Å². The fraction of sp³-hybridized carbons (Fsp3) is 0.250. The Balaban J connectivity index is 2.90. The molecule has 0 aliphatic heterocycles. The number of nitrogens with two attached hydrogens (primary N) is 2. The van der Waals surface area contributed by atoms with Crippen LogP contribution in [0.4, 0.5) is 0 Å². The highest BCUT2D eigenvalue weighted by molar-refractivity contribution is 5.78. The Morgan fingerprint density at radius 2 is 1.36 bits per heavy atom. The minimum absolute atomic E-state index is 0.0313. The van der Waals surface area contributed by atoms with E-state index in [9.17, 15) is 9.59 Å². The maximum atomic E-state index is 10.6. The lowest BCUT2D eigenvalue weighted by Crippen LogP contribution is -2.20. The largest absolute Gasteiger partial charge is 0.369 e. The Bertz CT molecular complexity index is 329. The van der Waals surface area contributed by atoms with Crippen LogP contribution < -0.4 is 11.5 Å². The maximum Gasteiger partial charge on any atom is 0.223 e. The number of aromatic nitrogens is 2. The third-order valence-electron chi connectivity index (χ3n) is 1.54. The molecule has 0 aromatic carbocycles. The van der Waals surface area contributed by atoms with Crippen LogP contribution in [-0.4, -0.2) is 21.8 Å². The van der Waals surface area contributed by atoms with Crippen LogP contribution in [0.5, 0.6) is 0 Å². The molecule has 2 amide bonds. The predicted molar refractivity (Wildman–Crippen MR) is 47.8 cm³/mol. The van der Waals surface area contributed by atoms with Crippen LogP contribution in [0.2, 0.25) is 0 Å². The van der Waals surface area contributed by atoms with Crippen molar-refractivity contribution in [2.75, 3.05) is 0 Å². The minimum atomic E-state index is -0.517. The van der Waals surface area contributed by atoms with E-state index < -0.39 is 11.8 Å². The molecule has 4 N–H and O–H groups in total. The first-order valence-corrected chi connectivity index (χ1v) is 3.95. The highest BCUT2D eigenvalue weighted by Crippen LogP contribution is 2.02. The lowest BCUT2D eigenvalue weighted by molar-refractivity contribution is -0.118. The van der Waals surface area contributed by atoms with Crippen molar-refractivity contribution in [3.05, 3.63) is 23.8 Å². The van der Waals surface area contributed by atoms with Gasteiger partial charge >= 0.3 is 0 Å². The normalized spacial score (nSPS) is 9.71. The summed E-state index contributed by atoms with van der Waals surface area (Å²) in [5.74, 6) is -1.03. The Hall–Kier alpha value is -1.98. The van der Waals surface area contributed by atoms with Crippen LogP contribution in [0.25, 0.3) is 0 Å².